The number of H-pyrrole nitrogens is 1. The molecule has 0 fully saturated rings. The number of aromatic amines is 1. The van der Waals surface area contributed by atoms with Crippen LogP contribution in [-0.4, -0.2) is 51.4 Å². The fourth-order valence-electron chi connectivity index (χ4n) is 2.58. The zero-order valence-corrected chi connectivity index (χ0v) is 14.8. The number of carboxylic acids is 1. The summed E-state index contributed by atoms with van der Waals surface area (Å²) in [6.45, 7) is 4.19. The number of fused-ring (bicyclic) bond motifs is 1. The van der Waals surface area contributed by atoms with Crippen molar-refractivity contribution in [2.75, 3.05) is 7.05 Å². The minimum Gasteiger partial charge on any atom is -0.480 e. The van der Waals surface area contributed by atoms with Gasteiger partial charge in [-0.25, -0.2) is 4.79 Å². The maximum atomic E-state index is 12.7. The summed E-state index contributed by atoms with van der Waals surface area (Å²) in [6.07, 6.45) is 2.09. The van der Waals surface area contributed by atoms with Crippen molar-refractivity contribution in [3.8, 4) is 0 Å². The molecule has 7 nitrogen and oxygen atoms in total. The predicted octanol–water partition coefficient (Wildman–Crippen LogP) is 1.54. The number of rotatable bonds is 6. The van der Waals surface area contributed by atoms with Crippen LogP contribution in [0, 0.1) is 0 Å². The minimum atomic E-state index is -1.42. The van der Waals surface area contributed by atoms with Gasteiger partial charge in [-0.15, -0.1) is 0 Å². The van der Waals surface area contributed by atoms with Crippen molar-refractivity contribution in [2.45, 2.75) is 38.8 Å². The number of carbonyl (C=O) groups excluding carboxylic acids is 2. The summed E-state index contributed by atoms with van der Waals surface area (Å²) in [5.74, 6) is -1.92. The van der Waals surface area contributed by atoms with Crippen LogP contribution in [-0.2, 0) is 20.8 Å². The lowest BCUT2D eigenvalue weighted by Gasteiger charge is -2.30. The molecule has 25 heavy (non-hydrogen) atoms. The van der Waals surface area contributed by atoms with E-state index in [-0.39, 0.29) is 12.3 Å². The molecule has 1 heterocycles. The molecule has 1 aromatic carbocycles. The second-order valence-corrected chi connectivity index (χ2v) is 6.63. The fraction of sp³-hybridized carbons (Fsp3) is 0.389. The number of hydrogen-bond donors (Lipinski definition) is 3. The highest BCUT2D eigenvalue weighted by Gasteiger charge is 2.34. The zero-order chi connectivity index (χ0) is 18.8. The first-order valence-corrected chi connectivity index (χ1v) is 7.97. The normalized spacial score (nSPS) is 12.6. The SMILES string of the molecule is CC(=O)N(C)C(Cc1c[nH]c2ccccc12)C(=O)NC(C)(C)C(=O)O. The molecule has 1 atom stereocenters. The molecule has 134 valence electrons. The van der Waals surface area contributed by atoms with Crippen LogP contribution in [0.5, 0.6) is 0 Å². The van der Waals surface area contributed by atoms with Gasteiger partial charge in [-0.1, -0.05) is 18.2 Å². The summed E-state index contributed by atoms with van der Waals surface area (Å²) in [5, 5.41) is 12.7. The molecule has 0 aliphatic heterocycles. The molecule has 3 N–H and O–H groups in total. The smallest absolute Gasteiger partial charge is 0.328 e. The Morgan fingerprint density at radius 3 is 2.52 bits per heavy atom. The number of aromatic nitrogens is 1. The van der Waals surface area contributed by atoms with Gasteiger partial charge < -0.3 is 20.3 Å². The van der Waals surface area contributed by atoms with Crippen LogP contribution in [0.1, 0.15) is 26.3 Å². The molecule has 0 bridgehead atoms. The third-order valence-electron chi connectivity index (χ3n) is 4.33. The van der Waals surface area contributed by atoms with Crippen molar-refractivity contribution in [3.05, 3.63) is 36.0 Å². The monoisotopic (exact) mass is 345 g/mol. The maximum absolute atomic E-state index is 12.7. The summed E-state index contributed by atoms with van der Waals surface area (Å²) in [7, 11) is 1.54. The van der Waals surface area contributed by atoms with Crippen LogP contribution >= 0.6 is 0 Å². The lowest BCUT2D eigenvalue weighted by molar-refractivity contribution is -0.147. The van der Waals surface area contributed by atoms with Gasteiger partial charge in [-0.2, -0.15) is 0 Å². The molecule has 0 aliphatic carbocycles. The van der Waals surface area contributed by atoms with Crippen LogP contribution < -0.4 is 5.32 Å². The van der Waals surface area contributed by atoms with Crippen molar-refractivity contribution in [1.82, 2.24) is 15.2 Å². The number of nitrogens with one attached hydrogen (secondary N) is 2. The standard InChI is InChI=1S/C18H23N3O4/c1-11(22)21(4)15(16(23)20-18(2,3)17(24)25)9-12-10-19-14-8-6-5-7-13(12)14/h5-8,10,15,19H,9H2,1-4H3,(H,20,23)(H,24,25). The molecule has 2 rings (SSSR count). The number of carboxylic acid groups (broad SMARTS) is 1. The molecule has 0 saturated heterocycles. The Balaban J connectivity index is 2.32. The largest absolute Gasteiger partial charge is 0.480 e. The molecule has 1 aromatic heterocycles. The van der Waals surface area contributed by atoms with Gasteiger partial charge in [-0.05, 0) is 25.5 Å². The number of benzene rings is 1. The summed E-state index contributed by atoms with van der Waals surface area (Å²) >= 11 is 0. The molecule has 0 aliphatic rings. The van der Waals surface area contributed by atoms with Crippen LogP contribution in [0.4, 0.5) is 0 Å². The van der Waals surface area contributed by atoms with E-state index in [9.17, 15) is 19.5 Å². The van der Waals surface area contributed by atoms with Crippen molar-refractivity contribution in [3.63, 3.8) is 0 Å². The van der Waals surface area contributed by atoms with E-state index < -0.39 is 23.5 Å². The van der Waals surface area contributed by atoms with Gasteiger partial charge in [0, 0.05) is 37.5 Å². The van der Waals surface area contributed by atoms with Gasteiger partial charge in [0.1, 0.15) is 11.6 Å². The average molecular weight is 345 g/mol. The third-order valence-corrected chi connectivity index (χ3v) is 4.33. The van der Waals surface area contributed by atoms with Crippen LogP contribution in [0.2, 0.25) is 0 Å². The second-order valence-electron chi connectivity index (χ2n) is 6.63. The Morgan fingerprint density at radius 2 is 1.92 bits per heavy atom. The first kappa shape index (κ1) is 18.5. The number of carbonyl (C=O) groups is 3. The Bertz CT molecular complexity index is 810. The molecule has 2 amide bonds. The van der Waals surface area contributed by atoms with E-state index in [0.29, 0.717) is 0 Å². The highest BCUT2D eigenvalue weighted by atomic mass is 16.4. The highest BCUT2D eigenvalue weighted by molar-refractivity contribution is 5.92. The topological polar surface area (TPSA) is 103 Å². The van der Waals surface area contributed by atoms with Crippen molar-refractivity contribution < 1.29 is 19.5 Å². The highest BCUT2D eigenvalue weighted by Crippen LogP contribution is 2.21. The van der Waals surface area contributed by atoms with Gasteiger partial charge in [0.2, 0.25) is 11.8 Å². The number of aliphatic carboxylic acids is 1. The quantitative estimate of drug-likeness (QED) is 0.739. The van der Waals surface area contributed by atoms with Crippen LogP contribution in [0.25, 0.3) is 10.9 Å². The Labute approximate surface area is 146 Å². The molecular formula is C18H23N3O4. The average Bonchev–Trinajstić information content (AvgIpc) is 2.94. The van der Waals surface area contributed by atoms with E-state index in [1.165, 1.54) is 32.7 Å². The molecule has 7 heteroatoms. The Morgan fingerprint density at radius 1 is 1.28 bits per heavy atom. The van der Waals surface area contributed by atoms with Crippen LogP contribution in [0.3, 0.4) is 0 Å². The van der Waals surface area contributed by atoms with Gasteiger partial charge in [0.05, 0.1) is 0 Å². The van der Waals surface area contributed by atoms with Crippen molar-refractivity contribution in [2.24, 2.45) is 0 Å². The van der Waals surface area contributed by atoms with Gasteiger partial charge >= 0.3 is 5.97 Å². The maximum Gasteiger partial charge on any atom is 0.328 e. The summed E-state index contributed by atoms with van der Waals surface area (Å²) in [6, 6.07) is 6.86. The molecular weight excluding hydrogens is 322 g/mol. The van der Waals surface area contributed by atoms with Gasteiger partial charge in [-0.3, -0.25) is 9.59 Å². The summed E-state index contributed by atoms with van der Waals surface area (Å²) < 4.78 is 0. The molecule has 0 saturated carbocycles. The second kappa shape index (κ2) is 6.96. The number of nitrogens with zero attached hydrogens (tertiary/aromatic N) is 1. The first-order valence-electron chi connectivity index (χ1n) is 7.97. The minimum absolute atomic E-state index is 0.270. The van der Waals surface area contributed by atoms with E-state index in [2.05, 4.69) is 10.3 Å². The predicted molar refractivity (Wildman–Crippen MR) is 94.1 cm³/mol. The van der Waals surface area contributed by atoms with Gasteiger partial charge in [0.25, 0.3) is 0 Å². The third kappa shape index (κ3) is 3.99. The number of amides is 2. The Kier molecular flexibility index (Phi) is 5.15. The van der Waals surface area contributed by atoms with Crippen LogP contribution in [0.15, 0.2) is 30.5 Å². The first-order chi connectivity index (χ1) is 11.6. The molecule has 0 radical (unpaired) electrons. The fourth-order valence-corrected chi connectivity index (χ4v) is 2.58. The van der Waals surface area contributed by atoms with Crippen molar-refractivity contribution >= 4 is 28.7 Å². The van der Waals surface area contributed by atoms with E-state index in [0.717, 1.165) is 16.5 Å². The summed E-state index contributed by atoms with van der Waals surface area (Å²) in [5.41, 5.74) is 0.401. The van der Waals surface area contributed by atoms with E-state index in [4.69, 9.17) is 0 Å². The lowest BCUT2D eigenvalue weighted by Crippen LogP contribution is -2.57. The van der Waals surface area contributed by atoms with E-state index in [1.54, 1.807) is 6.20 Å². The van der Waals surface area contributed by atoms with Gasteiger partial charge in [0.15, 0.2) is 0 Å². The number of para-hydroxylation sites is 1. The summed E-state index contributed by atoms with van der Waals surface area (Å²) in [4.78, 5) is 40.2. The van der Waals surface area contributed by atoms with Crippen molar-refractivity contribution in [1.29, 1.82) is 0 Å². The zero-order valence-electron chi connectivity index (χ0n) is 14.8. The molecule has 0 spiro atoms. The lowest BCUT2D eigenvalue weighted by atomic mass is 10.0. The number of likely N-dealkylation sites (N-methyl/N-ethyl adjacent to an activating group) is 1. The van der Waals surface area contributed by atoms with E-state index in [1.807, 2.05) is 24.3 Å². The molecule has 2 aromatic rings. The van der Waals surface area contributed by atoms with E-state index >= 15 is 0 Å². The molecule has 1 unspecified atom stereocenters. The number of hydrogen-bond acceptors (Lipinski definition) is 3. The Hall–Kier alpha value is -2.83.